The van der Waals surface area contributed by atoms with Gasteiger partial charge in [-0.1, -0.05) is 13.8 Å². The van der Waals surface area contributed by atoms with E-state index in [0.717, 1.165) is 0 Å². The first kappa shape index (κ1) is 18.6. The molecule has 10 heteroatoms. The van der Waals surface area contributed by atoms with Crippen LogP contribution in [0.25, 0.3) is 0 Å². The van der Waals surface area contributed by atoms with E-state index in [2.05, 4.69) is 9.05 Å². The van der Waals surface area contributed by atoms with Crippen molar-refractivity contribution in [2.24, 2.45) is 0 Å². The Kier molecular flexibility index (Phi) is 10.8. The molecule has 0 fully saturated rings. The van der Waals surface area contributed by atoms with Crippen molar-refractivity contribution in [3.05, 3.63) is 0 Å². The van der Waals surface area contributed by atoms with Crippen LogP contribution in [0.15, 0.2) is 0 Å². The minimum absolute atomic E-state index is 0.261. The maximum absolute atomic E-state index is 10.8. The molecule has 0 saturated carbocycles. The van der Waals surface area contributed by atoms with Gasteiger partial charge in [0, 0.05) is 0 Å². The highest BCUT2D eigenvalue weighted by Crippen LogP contribution is 2.43. The van der Waals surface area contributed by atoms with Crippen LogP contribution >= 0.6 is 15.6 Å². The summed E-state index contributed by atoms with van der Waals surface area (Å²) in [5.74, 6) is 0. The summed E-state index contributed by atoms with van der Waals surface area (Å²) < 4.78 is 28.9. The molecule has 8 nitrogen and oxygen atoms in total. The molecule has 4 N–H and O–H groups in total. The first-order valence-electron chi connectivity index (χ1n) is 4.52. The van der Waals surface area contributed by atoms with Crippen LogP contribution in [0.2, 0.25) is 0 Å². The number of hydrogen-bond donors (Lipinski definition) is 4. The van der Waals surface area contributed by atoms with E-state index in [9.17, 15) is 4.57 Å². The molecule has 0 spiro atoms. The molecule has 0 atom stereocenters. The van der Waals surface area contributed by atoms with Gasteiger partial charge in [-0.3, -0.25) is 9.05 Å². The van der Waals surface area contributed by atoms with E-state index in [1.54, 1.807) is 0 Å². The summed E-state index contributed by atoms with van der Waals surface area (Å²) in [6, 6.07) is 0. The molecule has 0 aromatic rings. The molecule has 0 rings (SSSR count). The van der Waals surface area contributed by atoms with Gasteiger partial charge in [0.1, 0.15) is 0 Å². The second kappa shape index (κ2) is 9.27. The first-order valence-corrected chi connectivity index (χ1v) is 7.58. The molecule has 100 valence electrons. The van der Waals surface area contributed by atoms with Crippen molar-refractivity contribution in [3.63, 3.8) is 0 Å². The van der Waals surface area contributed by atoms with E-state index in [1.165, 1.54) is 0 Å². The van der Waals surface area contributed by atoms with Crippen molar-refractivity contribution in [1.29, 1.82) is 0 Å². The predicted molar refractivity (Wildman–Crippen MR) is 56.6 cm³/mol. The van der Waals surface area contributed by atoms with Gasteiger partial charge in [-0.2, -0.15) is 0 Å². The van der Waals surface area contributed by atoms with E-state index in [0.29, 0.717) is 12.8 Å². The second-order valence-electron chi connectivity index (χ2n) is 2.65. The lowest BCUT2D eigenvalue weighted by Gasteiger charge is -2.09. The van der Waals surface area contributed by atoms with Crippen molar-refractivity contribution >= 4 is 15.6 Å². The Morgan fingerprint density at radius 2 is 1.12 bits per heavy atom. The molecule has 0 aliphatic rings. The molecule has 0 aliphatic heterocycles. The van der Waals surface area contributed by atoms with Crippen LogP contribution in [0, 0.1) is 0 Å². The lowest BCUT2D eigenvalue weighted by atomic mass is 10.5. The SMILES string of the molecule is CCCOP(=O)(O)OCCC.O=P(O)(O)O. The van der Waals surface area contributed by atoms with Crippen LogP contribution in [0.1, 0.15) is 26.7 Å². The van der Waals surface area contributed by atoms with E-state index in [4.69, 9.17) is 24.1 Å². The lowest BCUT2D eigenvalue weighted by Crippen LogP contribution is -1.96. The van der Waals surface area contributed by atoms with Crippen LogP contribution in [-0.2, 0) is 18.2 Å². The molecular formula is C6H18O8P2. The third-order valence-corrected chi connectivity index (χ3v) is 1.93. The number of phosphoric acid groups is 2. The summed E-state index contributed by atoms with van der Waals surface area (Å²) in [6.45, 7) is 4.24. The third kappa shape index (κ3) is 23.8. The molecular weight excluding hydrogens is 262 g/mol. The predicted octanol–water partition coefficient (Wildman–Crippen LogP) is 1.01. The largest absolute Gasteiger partial charge is 0.472 e. The first-order chi connectivity index (χ1) is 7.12. The number of phosphoric ester groups is 1. The fourth-order valence-corrected chi connectivity index (χ4v) is 1.35. The second-order valence-corrected chi connectivity index (χ2v) is 5.13. The van der Waals surface area contributed by atoms with Gasteiger partial charge in [-0.25, -0.2) is 9.13 Å². The minimum atomic E-state index is -4.64. The van der Waals surface area contributed by atoms with E-state index in [1.807, 2.05) is 13.8 Å². The Morgan fingerprint density at radius 1 is 0.875 bits per heavy atom. The molecule has 0 heterocycles. The zero-order valence-corrected chi connectivity index (χ0v) is 10.9. The van der Waals surface area contributed by atoms with Gasteiger partial charge in [0.2, 0.25) is 0 Å². The Labute approximate surface area is 94.1 Å². The quantitative estimate of drug-likeness (QED) is 0.530. The minimum Gasteiger partial charge on any atom is -0.303 e. The van der Waals surface area contributed by atoms with E-state index >= 15 is 0 Å². The van der Waals surface area contributed by atoms with E-state index < -0.39 is 15.6 Å². The summed E-state index contributed by atoms with van der Waals surface area (Å²) in [5.41, 5.74) is 0. The van der Waals surface area contributed by atoms with Crippen LogP contribution in [0.3, 0.4) is 0 Å². The zero-order valence-electron chi connectivity index (χ0n) is 9.14. The summed E-state index contributed by atoms with van der Waals surface area (Å²) >= 11 is 0. The Balaban J connectivity index is 0. The molecule has 0 bridgehead atoms. The third-order valence-electron chi connectivity index (χ3n) is 0.917. The molecule has 0 aromatic carbocycles. The molecule has 0 aromatic heterocycles. The molecule has 0 amide bonds. The van der Waals surface area contributed by atoms with Crippen molar-refractivity contribution in [3.8, 4) is 0 Å². The molecule has 0 radical (unpaired) electrons. The smallest absolute Gasteiger partial charge is 0.303 e. The summed E-state index contributed by atoms with van der Waals surface area (Å²) in [5, 5.41) is 0. The molecule has 0 aliphatic carbocycles. The zero-order chi connectivity index (χ0) is 13.2. The fourth-order valence-electron chi connectivity index (χ4n) is 0.451. The van der Waals surface area contributed by atoms with Crippen LogP contribution in [-0.4, -0.2) is 32.8 Å². The van der Waals surface area contributed by atoms with Crippen LogP contribution < -0.4 is 0 Å². The van der Waals surface area contributed by atoms with Gasteiger partial charge >= 0.3 is 15.6 Å². The highest BCUT2D eigenvalue weighted by Gasteiger charge is 2.18. The summed E-state index contributed by atoms with van der Waals surface area (Å²) in [4.78, 5) is 30.5. The normalized spacial score (nSPS) is 11.9. The Morgan fingerprint density at radius 3 is 1.31 bits per heavy atom. The summed E-state index contributed by atoms with van der Waals surface area (Å²) in [6.07, 6.45) is 1.42. The van der Waals surface area contributed by atoms with Gasteiger partial charge in [-0.05, 0) is 12.8 Å². The van der Waals surface area contributed by atoms with Crippen molar-refractivity contribution < 1.29 is 37.8 Å². The topological polar surface area (TPSA) is 134 Å². The van der Waals surface area contributed by atoms with Crippen LogP contribution in [0.4, 0.5) is 0 Å². The molecule has 0 unspecified atom stereocenters. The fraction of sp³-hybridized carbons (Fsp3) is 1.00. The average molecular weight is 280 g/mol. The van der Waals surface area contributed by atoms with Crippen molar-refractivity contribution in [2.75, 3.05) is 13.2 Å². The summed E-state index contributed by atoms with van der Waals surface area (Å²) in [7, 11) is -8.36. The van der Waals surface area contributed by atoms with E-state index in [-0.39, 0.29) is 13.2 Å². The number of hydrogen-bond acceptors (Lipinski definition) is 4. The Hall–Kier alpha value is 0.220. The van der Waals surface area contributed by atoms with Gasteiger partial charge in [-0.15, -0.1) is 0 Å². The lowest BCUT2D eigenvalue weighted by molar-refractivity contribution is 0.149. The Bertz CT molecular complexity index is 229. The van der Waals surface area contributed by atoms with Gasteiger partial charge in [0.25, 0.3) is 0 Å². The maximum Gasteiger partial charge on any atom is 0.472 e. The molecule has 16 heavy (non-hydrogen) atoms. The maximum atomic E-state index is 10.8. The van der Waals surface area contributed by atoms with Gasteiger partial charge < -0.3 is 19.6 Å². The van der Waals surface area contributed by atoms with Gasteiger partial charge in [0.05, 0.1) is 13.2 Å². The van der Waals surface area contributed by atoms with Gasteiger partial charge in [0.15, 0.2) is 0 Å². The monoisotopic (exact) mass is 280 g/mol. The highest BCUT2D eigenvalue weighted by atomic mass is 31.2. The van der Waals surface area contributed by atoms with Crippen LogP contribution in [0.5, 0.6) is 0 Å². The highest BCUT2D eigenvalue weighted by molar-refractivity contribution is 7.47. The van der Waals surface area contributed by atoms with Crippen molar-refractivity contribution in [1.82, 2.24) is 0 Å². The molecule has 0 saturated heterocycles. The van der Waals surface area contributed by atoms with Crippen molar-refractivity contribution in [2.45, 2.75) is 26.7 Å². The standard InChI is InChI=1S/C6H15O4P.H3O4P/c1-3-5-9-11(7,8)10-6-4-2;1-5(2,3)4/h3-6H2,1-2H3,(H,7,8);(H3,1,2,3,4). The number of rotatable bonds is 6. The average Bonchev–Trinajstić information content (AvgIpc) is 2.09.